The minimum absolute atomic E-state index is 0.154. The van der Waals surface area contributed by atoms with Crippen molar-refractivity contribution in [2.75, 3.05) is 12.0 Å². The fourth-order valence-electron chi connectivity index (χ4n) is 6.64. The number of hydrogen-bond acceptors (Lipinski definition) is 6. The van der Waals surface area contributed by atoms with Crippen molar-refractivity contribution >= 4 is 34.6 Å². The summed E-state index contributed by atoms with van der Waals surface area (Å²) in [6.07, 6.45) is 0. The largest absolute Gasteiger partial charge is 0.497 e. The van der Waals surface area contributed by atoms with Crippen LogP contribution in [0, 0.1) is 6.92 Å². The second-order valence-corrected chi connectivity index (χ2v) is 14.2. The molecule has 0 saturated carbocycles. The van der Waals surface area contributed by atoms with Gasteiger partial charge in [-0.05, 0) is 98.6 Å². The number of ether oxygens (including phenoxy) is 2. The average molecular weight is 802 g/mol. The van der Waals surface area contributed by atoms with E-state index in [-0.39, 0.29) is 45.4 Å². The number of amides is 1. The number of hydrogen-bond donors (Lipinski definition) is 0. The highest BCUT2D eigenvalue weighted by atomic mass is 16.5. The Balaban J connectivity index is 0.000000531. The molecule has 0 fully saturated rings. The van der Waals surface area contributed by atoms with Crippen LogP contribution in [-0.4, -0.2) is 30.4 Å². The van der Waals surface area contributed by atoms with E-state index in [0.29, 0.717) is 39.6 Å². The number of rotatable bonds is 10. The predicted molar refractivity (Wildman–Crippen MR) is 244 cm³/mol. The highest BCUT2D eigenvalue weighted by molar-refractivity contribution is 6.23. The molecule has 0 bridgehead atoms. The first-order chi connectivity index (χ1) is 28.8. The number of aryl methyl sites for hydroxylation is 1. The summed E-state index contributed by atoms with van der Waals surface area (Å²) in [5.74, 6) is 1.00. The molecular formula is C53H55NO6. The molecule has 0 saturated heterocycles. The van der Waals surface area contributed by atoms with E-state index in [1.54, 1.807) is 49.6 Å². The van der Waals surface area contributed by atoms with Gasteiger partial charge in [0.1, 0.15) is 17.2 Å². The van der Waals surface area contributed by atoms with Crippen molar-refractivity contribution in [2.45, 2.75) is 67.7 Å². The number of anilines is 1. The lowest BCUT2D eigenvalue weighted by atomic mass is 9.78. The number of carbonyl (C=O) groups excluding carboxylic acids is 4. The van der Waals surface area contributed by atoms with E-state index in [0.717, 1.165) is 5.75 Å². The lowest BCUT2D eigenvalue weighted by Gasteiger charge is -2.26. The first-order valence-corrected chi connectivity index (χ1v) is 20.2. The highest BCUT2D eigenvalue weighted by Crippen LogP contribution is 2.38. The molecule has 7 rings (SSSR count). The number of ketones is 3. The van der Waals surface area contributed by atoms with Gasteiger partial charge in [-0.2, -0.15) is 0 Å². The van der Waals surface area contributed by atoms with E-state index >= 15 is 0 Å². The number of methoxy groups -OCH3 is 1. The first kappa shape index (κ1) is 45.8. The summed E-state index contributed by atoms with van der Waals surface area (Å²) in [5.41, 5.74) is 6.61. The molecule has 6 aromatic carbocycles. The van der Waals surface area contributed by atoms with Crippen LogP contribution in [0.2, 0.25) is 0 Å². The molecule has 1 aliphatic rings. The molecule has 0 unspecified atom stereocenters. The van der Waals surface area contributed by atoms with Gasteiger partial charge in [-0.25, -0.2) is 0 Å². The molecule has 1 amide bonds. The van der Waals surface area contributed by atoms with Crippen LogP contribution in [-0.2, 0) is 5.41 Å². The zero-order chi connectivity index (χ0) is 44.1. The van der Waals surface area contributed by atoms with Gasteiger partial charge in [-0.15, -0.1) is 0 Å². The Morgan fingerprint density at radius 1 is 0.583 bits per heavy atom. The Bertz CT molecular complexity index is 2450. The van der Waals surface area contributed by atoms with Crippen molar-refractivity contribution in [1.29, 1.82) is 0 Å². The van der Waals surface area contributed by atoms with Crippen LogP contribution in [0.3, 0.4) is 0 Å². The molecular weight excluding hydrogens is 747 g/mol. The van der Waals surface area contributed by atoms with Crippen molar-refractivity contribution in [3.05, 3.63) is 196 Å². The quantitative estimate of drug-likeness (QED) is 0.128. The van der Waals surface area contributed by atoms with E-state index in [1.165, 1.54) is 53.6 Å². The van der Waals surface area contributed by atoms with E-state index in [1.807, 2.05) is 82.3 Å². The summed E-state index contributed by atoms with van der Waals surface area (Å²) >= 11 is 0. The van der Waals surface area contributed by atoms with Gasteiger partial charge in [0.15, 0.2) is 17.3 Å². The fourth-order valence-corrected chi connectivity index (χ4v) is 6.64. The second-order valence-electron chi connectivity index (χ2n) is 14.2. The third-order valence-corrected chi connectivity index (χ3v) is 10.00. The smallest absolute Gasteiger partial charge is 0.263 e. The van der Waals surface area contributed by atoms with Gasteiger partial charge in [-0.1, -0.05) is 126 Å². The van der Waals surface area contributed by atoms with Crippen molar-refractivity contribution in [3.63, 3.8) is 0 Å². The van der Waals surface area contributed by atoms with Crippen molar-refractivity contribution in [3.8, 4) is 17.2 Å². The van der Waals surface area contributed by atoms with E-state index in [9.17, 15) is 19.2 Å². The Morgan fingerprint density at radius 3 is 1.63 bits per heavy atom. The van der Waals surface area contributed by atoms with Gasteiger partial charge in [0.05, 0.1) is 18.4 Å². The molecule has 0 spiro atoms. The summed E-state index contributed by atoms with van der Waals surface area (Å²) in [7, 11) is 1.67. The fraction of sp³-hybridized carbons (Fsp3) is 0.208. The molecule has 0 aromatic heterocycles. The Kier molecular flexibility index (Phi) is 15.8. The van der Waals surface area contributed by atoms with Crippen molar-refractivity contribution in [2.24, 2.45) is 0 Å². The molecule has 7 heteroatoms. The Morgan fingerprint density at radius 2 is 1.08 bits per heavy atom. The molecule has 1 aliphatic heterocycles. The third kappa shape index (κ3) is 10.4. The number of nitrogens with zero attached hydrogens (tertiary/aromatic N) is 1. The number of carbonyl (C=O) groups is 4. The lowest BCUT2D eigenvalue weighted by molar-refractivity contribution is 0.0980. The van der Waals surface area contributed by atoms with Gasteiger partial charge in [-0.3, -0.25) is 24.1 Å². The number of fused-ring (bicyclic) bond motifs is 1. The molecule has 1 heterocycles. The molecule has 0 atom stereocenters. The first-order valence-electron chi connectivity index (χ1n) is 20.2. The maximum atomic E-state index is 13.6. The summed E-state index contributed by atoms with van der Waals surface area (Å²) in [6, 6.07) is 42.9. The van der Waals surface area contributed by atoms with Crippen LogP contribution in [0.15, 0.2) is 146 Å². The molecule has 0 aliphatic carbocycles. The van der Waals surface area contributed by atoms with Crippen LogP contribution in [0.25, 0.3) is 5.70 Å². The summed E-state index contributed by atoms with van der Waals surface area (Å²) in [4.78, 5) is 52.6. The van der Waals surface area contributed by atoms with Crippen molar-refractivity contribution < 1.29 is 28.7 Å². The standard InChI is InChI=1S/C41H33NO5.C8H10O.2C2H6/c1-25-35-21-11-29(39(45)28-12-22-36(26(2)43)37(23-28)27(3)44)24-38(35)40(46)42(25)32-15-19-34(20-16-32)47-33-17-13-31(14-18-33)41(4,5)30-9-7-6-8-10-30;1-7-3-5-8(9-2)6-4-7;2*1-2/h6-24H,1H2,2-5H3;3-6H,1-2H3;2*1-2H3. The highest BCUT2D eigenvalue weighted by Gasteiger charge is 2.33. The SMILES string of the molecule is C=C1c2ccc(C(=O)c3ccc(C(C)=O)c(C(C)=O)c3)cc2C(=O)N1c1ccc(Oc2ccc(C(C)(C)c3ccccc3)cc2)cc1.CC.CC.COc1ccc(C)cc1. The van der Waals surface area contributed by atoms with Gasteiger partial charge >= 0.3 is 0 Å². The summed E-state index contributed by atoms with van der Waals surface area (Å²) in [6.45, 7) is 21.3. The lowest BCUT2D eigenvalue weighted by Crippen LogP contribution is -2.21. The van der Waals surface area contributed by atoms with Gasteiger partial charge in [0, 0.05) is 38.9 Å². The zero-order valence-electron chi connectivity index (χ0n) is 36.4. The van der Waals surface area contributed by atoms with Gasteiger partial charge in [0.25, 0.3) is 5.91 Å². The normalized spacial score (nSPS) is 11.4. The number of Topliss-reactive ketones (excluding diaryl/α,β-unsaturated/α-hetero) is 2. The molecule has 308 valence electrons. The average Bonchev–Trinajstić information content (AvgIpc) is 3.53. The van der Waals surface area contributed by atoms with Crippen LogP contribution in [0.1, 0.15) is 125 Å². The molecule has 0 radical (unpaired) electrons. The van der Waals surface area contributed by atoms with Crippen LogP contribution in [0.5, 0.6) is 17.2 Å². The van der Waals surface area contributed by atoms with E-state index in [2.05, 4.69) is 51.6 Å². The monoisotopic (exact) mass is 801 g/mol. The Labute approximate surface area is 355 Å². The minimum atomic E-state index is -0.361. The maximum Gasteiger partial charge on any atom is 0.263 e. The van der Waals surface area contributed by atoms with E-state index in [4.69, 9.17) is 9.47 Å². The van der Waals surface area contributed by atoms with Crippen LogP contribution >= 0.6 is 0 Å². The minimum Gasteiger partial charge on any atom is -0.497 e. The maximum absolute atomic E-state index is 13.6. The zero-order valence-corrected chi connectivity index (χ0v) is 36.4. The number of benzene rings is 6. The molecule has 6 aromatic rings. The second kappa shape index (κ2) is 20.7. The topological polar surface area (TPSA) is 90.0 Å². The Hall–Kier alpha value is -6.86. The van der Waals surface area contributed by atoms with Crippen molar-refractivity contribution in [1.82, 2.24) is 0 Å². The van der Waals surface area contributed by atoms with Gasteiger partial charge in [0.2, 0.25) is 0 Å². The molecule has 0 N–H and O–H groups in total. The third-order valence-electron chi connectivity index (χ3n) is 10.00. The summed E-state index contributed by atoms with van der Waals surface area (Å²) < 4.78 is 11.1. The van der Waals surface area contributed by atoms with Crippen LogP contribution in [0.4, 0.5) is 5.69 Å². The molecule has 7 nitrogen and oxygen atoms in total. The van der Waals surface area contributed by atoms with E-state index < -0.39 is 0 Å². The van der Waals surface area contributed by atoms with Gasteiger partial charge < -0.3 is 9.47 Å². The van der Waals surface area contributed by atoms with Crippen LogP contribution < -0.4 is 14.4 Å². The summed E-state index contributed by atoms with van der Waals surface area (Å²) in [5, 5.41) is 0. The molecule has 60 heavy (non-hydrogen) atoms. The predicted octanol–water partition coefficient (Wildman–Crippen LogP) is 13.1.